The number of aryl methyl sites for hydroxylation is 1. The molecule has 10 heteroatoms. The molecule has 0 radical (unpaired) electrons. The van der Waals surface area contributed by atoms with Crippen molar-refractivity contribution in [3.63, 3.8) is 0 Å². The fourth-order valence-electron chi connectivity index (χ4n) is 1.87. The number of hydrogen-bond acceptors (Lipinski definition) is 7. The molecule has 2 heterocycles. The quantitative estimate of drug-likeness (QED) is 0.673. The van der Waals surface area contributed by atoms with E-state index < -0.39 is 20.8 Å². The maximum atomic E-state index is 12.5. The van der Waals surface area contributed by atoms with Crippen molar-refractivity contribution in [2.45, 2.75) is 29.8 Å². The third kappa shape index (κ3) is 2.58. The largest absolute Gasteiger partial charge is 0.370 e. The number of nitrogens with two attached hydrogens (primary N) is 2. The summed E-state index contributed by atoms with van der Waals surface area (Å²) in [6.07, 6.45) is 3.06. The minimum absolute atomic E-state index is 0.0914. The van der Waals surface area contributed by atoms with E-state index in [2.05, 4.69) is 31.3 Å². The molecule has 2 rings (SSSR count). The first-order valence-corrected chi connectivity index (χ1v) is 8.48. The highest BCUT2D eigenvalue weighted by molar-refractivity contribution is 9.11. The smallest absolute Gasteiger partial charge is 0.200 e. The highest BCUT2D eigenvalue weighted by atomic mass is 79.9. The zero-order valence-electron chi connectivity index (χ0n) is 11.8. The molecule has 8 nitrogen and oxygen atoms in total. The van der Waals surface area contributed by atoms with Gasteiger partial charge in [0.1, 0.15) is 0 Å². The molecule has 0 fully saturated rings. The van der Waals surface area contributed by atoms with Crippen molar-refractivity contribution in [2.24, 2.45) is 23.5 Å². The molecule has 0 spiro atoms. The van der Waals surface area contributed by atoms with Crippen LogP contribution in [0.1, 0.15) is 19.4 Å². The SMILES string of the molecule is CC(C)S(=O)(=O)c1nn(C)cc1C1(N)N=C(N)NC=C1Br. The normalized spacial score (nSPS) is 22.8. The van der Waals surface area contributed by atoms with Gasteiger partial charge in [0, 0.05) is 19.4 Å². The Morgan fingerprint density at radius 3 is 2.67 bits per heavy atom. The summed E-state index contributed by atoms with van der Waals surface area (Å²) in [6.45, 7) is 3.17. The Labute approximate surface area is 131 Å². The van der Waals surface area contributed by atoms with Crippen LogP contribution in [0.25, 0.3) is 0 Å². The van der Waals surface area contributed by atoms with E-state index in [-0.39, 0.29) is 16.5 Å². The third-order valence-corrected chi connectivity index (χ3v) is 6.02. The van der Waals surface area contributed by atoms with E-state index in [1.165, 1.54) is 17.1 Å². The van der Waals surface area contributed by atoms with Gasteiger partial charge in [-0.1, -0.05) is 0 Å². The Hall–Kier alpha value is -1.39. The second-order valence-electron chi connectivity index (χ2n) is 5.02. The van der Waals surface area contributed by atoms with Crippen molar-refractivity contribution >= 4 is 31.7 Å². The average molecular weight is 377 g/mol. The van der Waals surface area contributed by atoms with E-state index in [0.29, 0.717) is 4.48 Å². The first kappa shape index (κ1) is 16.0. The second-order valence-corrected chi connectivity index (χ2v) is 8.29. The van der Waals surface area contributed by atoms with Gasteiger partial charge < -0.3 is 11.1 Å². The molecule has 21 heavy (non-hydrogen) atoms. The van der Waals surface area contributed by atoms with Gasteiger partial charge in [0.2, 0.25) is 0 Å². The van der Waals surface area contributed by atoms with Crippen LogP contribution in [0.15, 0.2) is 26.9 Å². The summed E-state index contributed by atoms with van der Waals surface area (Å²) in [7, 11) is -1.98. The van der Waals surface area contributed by atoms with Gasteiger partial charge in [-0.2, -0.15) is 5.10 Å². The predicted octanol–water partition coefficient (Wildman–Crippen LogP) is -0.132. The summed E-state index contributed by atoms with van der Waals surface area (Å²) in [6, 6.07) is 0. The third-order valence-electron chi connectivity index (χ3n) is 3.10. The molecule has 0 aromatic carbocycles. The van der Waals surface area contributed by atoms with Crippen molar-refractivity contribution in [3.8, 4) is 0 Å². The van der Waals surface area contributed by atoms with E-state index in [1.54, 1.807) is 20.9 Å². The number of nitrogens with one attached hydrogen (secondary N) is 1. The summed E-state index contributed by atoms with van der Waals surface area (Å²) < 4.78 is 26.8. The maximum absolute atomic E-state index is 12.5. The van der Waals surface area contributed by atoms with E-state index in [0.717, 1.165) is 0 Å². The lowest BCUT2D eigenvalue weighted by Gasteiger charge is -2.28. The van der Waals surface area contributed by atoms with Crippen LogP contribution >= 0.6 is 15.9 Å². The molecule has 0 bridgehead atoms. The number of sulfone groups is 1. The molecule has 0 saturated heterocycles. The van der Waals surface area contributed by atoms with Gasteiger partial charge in [0.05, 0.1) is 15.3 Å². The van der Waals surface area contributed by atoms with Gasteiger partial charge in [-0.3, -0.25) is 10.4 Å². The highest BCUT2D eigenvalue weighted by Crippen LogP contribution is 2.37. The van der Waals surface area contributed by atoms with Crippen molar-refractivity contribution in [2.75, 3.05) is 0 Å². The van der Waals surface area contributed by atoms with E-state index in [1.807, 2.05) is 0 Å². The van der Waals surface area contributed by atoms with Crippen molar-refractivity contribution < 1.29 is 8.42 Å². The van der Waals surface area contributed by atoms with Gasteiger partial charge in [-0.05, 0) is 29.8 Å². The molecule has 1 aliphatic heterocycles. The molecule has 0 saturated carbocycles. The summed E-state index contributed by atoms with van der Waals surface area (Å²) in [5.74, 6) is 0.0949. The minimum atomic E-state index is -3.61. The van der Waals surface area contributed by atoms with Gasteiger partial charge in [0.25, 0.3) is 0 Å². The first-order valence-electron chi connectivity index (χ1n) is 6.14. The van der Waals surface area contributed by atoms with E-state index in [4.69, 9.17) is 11.5 Å². The van der Waals surface area contributed by atoms with Crippen LogP contribution in [0.2, 0.25) is 0 Å². The number of rotatable bonds is 3. The van der Waals surface area contributed by atoms with E-state index >= 15 is 0 Å². The molecule has 1 aromatic heterocycles. The Morgan fingerprint density at radius 2 is 2.10 bits per heavy atom. The number of halogens is 1. The highest BCUT2D eigenvalue weighted by Gasteiger charge is 2.41. The van der Waals surface area contributed by atoms with Crippen LogP contribution < -0.4 is 16.8 Å². The Kier molecular flexibility index (Phi) is 3.89. The van der Waals surface area contributed by atoms with Gasteiger partial charge in [-0.15, -0.1) is 0 Å². The molecular weight excluding hydrogens is 360 g/mol. The van der Waals surface area contributed by atoms with Gasteiger partial charge in [-0.25, -0.2) is 13.4 Å². The second kappa shape index (κ2) is 5.11. The minimum Gasteiger partial charge on any atom is -0.370 e. The number of nitrogens with zero attached hydrogens (tertiary/aromatic N) is 3. The number of aliphatic imine (C=N–C) groups is 1. The summed E-state index contributed by atoms with van der Waals surface area (Å²) in [5, 5.41) is 6.04. The molecule has 1 atom stereocenters. The van der Waals surface area contributed by atoms with Crippen molar-refractivity contribution in [1.82, 2.24) is 15.1 Å². The maximum Gasteiger partial charge on any atom is 0.200 e. The van der Waals surface area contributed by atoms with Crippen LogP contribution in [0.3, 0.4) is 0 Å². The standard InChI is InChI=1S/C11H17BrN6O2S/c1-6(2)21(19,20)9-7(5-18(3)17-9)11(14)8(12)4-15-10(13)16-11/h4-6H,14H2,1-3H3,(H3,13,15,16). The average Bonchev–Trinajstić information content (AvgIpc) is 2.77. The van der Waals surface area contributed by atoms with Crippen molar-refractivity contribution in [3.05, 3.63) is 22.4 Å². The first-order chi connectivity index (χ1) is 9.59. The zero-order valence-corrected chi connectivity index (χ0v) is 14.2. The molecule has 1 unspecified atom stereocenters. The fourth-order valence-corrected chi connectivity index (χ4v) is 3.50. The van der Waals surface area contributed by atoms with Crippen LogP contribution in [-0.4, -0.2) is 29.4 Å². The Morgan fingerprint density at radius 1 is 1.48 bits per heavy atom. The molecule has 116 valence electrons. The van der Waals surface area contributed by atoms with Gasteiger partial charge in [0.15, 0.2) is 26.5 Å². The Bertz CT molecular complexity index is 736. The summed E-state index contributed by atoms with van der Waals surface area (Å²) in [5.41, 5.74) is 10.8. The molecule has 1 aliphatic rings. The number of hydrogen-bond donors (Lipinski definition) is 3. The van der Waals surface area contributed by atoms with Crippen LogP contribution in [-0.2, 0) is 22.5 Å². The Balaban J connectivity index is 2.72. The monoisotopic (exact) mass is 376 g/mol. The lowest BCUT2D eigenvalue weighted by molar-refractivity contribution is 0.545. The van der Waals surface area contributed by atoms with Gasteiger partial charge >= 0.3 is 0 Å². The molecule has 1 aromatic rings. The van der Waals surface area contributed by atoms with Crippen LogP contribution in [0.4, 0.5) is 0 Å². The zero-order chi connectivity index (χ0) is 16.0. The summed E-state index contributed by atoms with van der Waals surface area (Å²) >= 11 is 3.30. The predicted molar refractivity (Wildman–Crippen MR) is 83.2 cm³/mol. The summed E-state index contributed by atoms with van der Waals surface area (Å²) in [4.78, 5) is 4.14. The van der Waals surface area contributed by atoms with Crippen molar-refractivity contribution in [1.29, 1.82) is 0 Å². The fraction of sp³-hybridized carbons (Fsp3) is 0.455. The van der Waals surface area contributed by atoms with Crippen LogP contribution in [0, 0.1) is 0 Å². The number of guanidine groups is 1. The molecule has 5 N–H and O–H groups in total. The number of aromatic nitrogens is 2. The molecule has 0 aliphatic carbocycles. The molecule has 0 amide bonds. The van der Waals surface area contributed by atoms with E-state index in [9.17, 15) is 8.42 Å². The topological polar surface area (TPSA) is 128 Å². The lowest BCUT2D eigenvalue weighted by Crippen LogP contribution is -2.45. The molecular formula is C11H17BrN6O2S. The lowest BCUT2D eigenvalue weighted by atomic mass is 10.0. The van der Waals surface area contributed by atoms with Crippen LogP contribution in [0.5, 0.6) is 0 Å².